The molecule has 186 valence electrons. The van der Waals surface area contributed by atoms with Gasteiger partial charge in [-0.1, -0.05) is 67.1 Å². The monoisotopic (exact) mass is 515 g/mol. The highest BCUT2D eigenvalue weighted by molar-refractivity contribution is 7.92. The second-order valence-electron chi connectivity index (χ2n) is 8.39. The Balaban J connectivity index is 1.98. The molecule has 0 aliphatic heterocycles. The highest BCUT2D eigenvalue weighted by Crippen LogP contribution is 2.28. The largest absolute Gasteiger partial charge is 0.354 e. The minimum atomic E-state index is -3.81. The number of anilines is 1. The lowest BCUT2D eigenvalue weighted by atomic mass is 10.1. The minimum Gasteiger partial charge on any atom is -0.354 e. The molecule has 3 aromatic rings. The zero-order valence-corrected chi connectivity index (χ0v) is 21.6. The van der Waals surface area contributed by atoms with Crippen molar-refractivity contribution in [2.24, 2.45) is 0 Å². The van der Waals surface area contributed by atoms with Crippen LogP contribution in [0.4, 0.5) is 5.69 Å². The summed E-state index contributed by atoms with van der Waals surface area (Å²) < 4.78 is 26.8. The van der Waals surface area contributed by atoms with Crippen LogP contribution in [0.2, 0.25) is 5.02 Å². The summed E-state index contributed by atoms with van der Waals surface area (Å²) in [5.74, 6) is -0.805. The topological polar surface area (TPSA) is 86.8 Å². The molecule has 0 saturated carbocycles. The van der Waals surface area contributed by atoms with E-state index in [1.165, 1.54) is 4.90 Å². The fraction of sp³-hybridized carbons (Fsp3) is 0.308. The molecule has 1 atom stereocenters. The van der Waals surface area contributed by atoms with Gasteiger partial charge in [0.05, 0.1) is 11.9 Å². The van der Waals surface area contributed by atoms with Crippen LogP contribution in [0.25, 0.3) is 10.8 Å². The Morgan fingerprint density at radius 2 is 1.71 bits per heavy atom. The number of carbonyl (C=O) groups excluding carboxylic acids is 2. The van der Waals surface area contributed by atoms with Crippen molar-refractivity contribution in [3.63, 3.8) is 0 Å². The highest BCUT2D eigenvalue weighted by Gasteiger charge is 2.30. The number of carbonyl (C=O) groups is 2. The molecule has 0 radical (unpaired) electrons. The van der Waals surface area contributed by atoms with E-state index >= 15 is 0 Å². The summed E-state index contributed by atoms with van der Waals surface area (Å²) in [6.45, 7) is 3.71. The average Bonchev–Trinajstić information content (AvgIpc) is 2.83. The first-order valence-electron chi connectivity index (χ1n) is 11.4. The van der Waals surface area contributed by atoms with E-state index in [-0.39, 0.29) is 12.5 Å². The zero-order valence-electron chi connectivity index (χ0n) is 20.1. The maximum atomic E-state index is 13.6. The SMILES string of the molecule is CCCNC(=O)[C@H](C)N(Cc1cccc(Cl)c1)C(=O)CN(c1cccc2ccccc12)S(C)(=O)=O. The van der Waals surface area contributed by atoms with E-state index in [0.29, 0.717) is 22.6 Å². The van der Waals surface area contributed by atoms with Crippen LogP contribution in [0.15, 0.2) is 66.7 Å². The van der Waals surface area contributed by atoms with Gasteiger partial charge in [-0.2, -0.15) is 0 Å². The number of amides is 2. The van der Waals surface area contributed by atoms with Crippen molar-refractivity contribution in [3.05, 3.63) is 77.3 Å². The van der Waals surface area contributed by atoms with E-state index < -0.39 is 28.5 Å². The molecule has 0 saturated heterocycles. The number of benzene rings is 3. The van der Waals surface area contributed by atoms with Crippen LogP contribution in [-0.4, -0.2) is 50.5 Å². The summed E-state index contributed by atoms with van der Waals surface area (Å²) in [6.07, 6.45) is 1.82. The molecule has 2 amide bonds. The van der Waals surface area contributed by atoms with Crippen LogP contribution in [0, 0.1) is 0 Å². The number of fused-ring (bicyclic) bond motifs is 1. The van der Waals surface area contributed by atoms with Gasteiger partial charge in [0, 0.05) is 23.5 Å². The van der Waals surface area contributed by atoms with Crippen LogP contribution >= 0.6 is 11.6 Å². The Morgan fingerprint density at radius 3 is 2.40 bits per heavy atom. The lowest BCUT2D eigenvalue weighted by Crippen LogP contribution is -2.51. The van der Waals surface area contributed by atoms with Gasteiger partial charge in [0.15, 0.2) is 0 Å². The Kier molecular flexibility index (Phi) is 8.75. The van der Waals surface area contributed by atoms with Crippen LogP contribution in [0.3, 0.4) is 0 Å². The average molecular weight is 516 g/mol. The van der Waals surface area contributed by atoms with E-state index in [2.05, 4.69) is 5.32 Å². The summed E-state index contributed by atoms with van der Waals surface area (Å²) in [7, 11) is -3.81. The van der Waals surface area contributed by atoms with Crippen LogP contribution in [0.5, 0.6) is 0 Å². The third-order valence-electron chi connectivity index (χ3n) is 5.67. The molecule has 1 N–H and O–H groups in total. The fourth-order valence-corrected chi connectivity index (χ4v) is 4.91. The van der Waals surface area contributed by atoms with Crippen molar-refractivity contribution in [1.29, 1.82) is 0 Å². The fourth-order valence-electron chi connectivity index (χ4n) is 3.83. The lowest BCUT2D eigenvalue weighted by molar-refractivity contribution is -0.139. The van der Waals surface area contributed by atoms with E-state index in [1.54, 1.807) is 37.3 Å². The van der Waals surface area contributed by atoms with Gasteiger partial charge < -0.3 is 10.2 Å². The predicted molar refractivity (Wildman–Crippen MR) is 141 cm³/mol. The Hall–Kier alpha value is -3.10. The van der Waals surface area contributed by atoms with E-state index in [0.717, 1.165) is 27.9 Å². The quantitative estimate of drug-likeness (QED) is 0.438. The molecule has 9 heteroatoms. The van der Waals surface area contributed by atoms with Crippen LogP contribution in [-0.2, 0) is 26.2 Å². The Labute approximate surface area is 211 Å². The molecule has 0 heterocycles. The summed E-state index contributed by atoms with van der Waals surface area (Å²) in [5.41, 5.74) is 1.14. The van der Waals surface area contributed by atoms with Crippen molar-refractivity contribution in [2.45, 2.75) is 32.9 Å². The molecule has 0 aliphatic carbocycles. The van der Waals surface area contributed by atoms with Crippen LogP contribution < -0.4 is 9.62 Å². The van der Waals surface area contributed by atoms with Crippen molar-refractivity contribution in [2.75, 3.05) is 23.7 Å². The van der Waals surface area contributed by atoms with Gasteiger partial charge in [0.25, 0.3) is 0 Å². The molecule has 0 bridgehead atoms. The minimum absolute atomic E-state index is 0.104. The number of sulfonamides is 1. The smallest absolute Gasteiger partial charge is 0.244 e. The highest BCUT2D eigenvalue weighted by atomic mass is 35.5. The van der Waals surface area contributed by atoms with Crippen molar-refractivity contribution in [1.82, 2.24) is 10.2 Å². The molecule has 0 spiro atoms. The third-order valence-corrected chi connectivity index (χ3v) is 7.03. The second kappa shape index (κ2) is 11.6. The summed E-state index contributed by atoms with van der Waals surface area (Å²) >= 11 is 6.13. The Bertz CT molecular complexity index is 1310. The van der Waals surface area contributed by atoms with E-state index in [1.807, 2.05) is 43.3 Å². The lowest BCUT2D eigenvalue weighted by Gasteiger charge is -2.31. The molecular weight excluding hydrogens is 486 g/mol. The number of halogens is 1. The molecule has 0 unspecified atom stereocenters. The summed E-state index contributed by atoms with van der Waals surface area (Å²) in [5, 5.41) is 4.89. The molecule has 0 aliphatic rings. The van der Waals surface area contributed by atoms with Gasteiger partial charge in [0.2, 0.25) is 21.8 Å². The number of rotatable bonds is 10. The maximum absolute atomic E-state index is 13.6. The predicted octanol–water partition coefficient (Wildman–Crippen LogP) is 4.20. The molecule has 35 heavy (non-hydrogen) atoms. The third kappa shape index (κ3) is 6.74. The molecule has 0 aromatic heterocycles. The van der Waals surface area contributed by atoms with Crippen molar-refractivity contribution >= 4 is 49.9 Å². The number of nitrogens with zero attached hydrogens (tertiary/aromatic N) is 2. The van der Waals surface area contributed by atoms with Gasteiger partial charge in [0.1, 0.15) is 12.6 Å². The van der Waals surface area contributed by atoms with Crippen molar-refractivity contribution in [3.8, 4) is 0 Å². The van der Waals surface area contributed by atoms with Gasteiger partial charge in [-0.05, 0) is 42.5 Å². The number of hydrogen-bond donors (Lipinski definition) is 1. The number of hydrogen-bond acceptors (Lipinski definition) is 4. The van der Waals surface area contributed by atoms with Gasteiger partial charge in [-0.3, -0.25) is 13.9 Å². The standard InChI is InChI=1S/C26H30ClN3O4S/c1-4-15-28-26(32)19(2)29(17-20-9-7-12-22(27)16-20)25(31)18-30(35(3,33)34)24-14-8-11-21-10-5-6-13-23(21)24/h5-14,16,19H,4,15,17-18H2,1-3H3,(H,28,32)/t19-/m0/s1. The van der Waals surface area contributed by atoms with Gasteiger partial charge in [-0.15, -0.1) is 0 Å². The first-order chi connectivity index (χ1) is 16.6. The zero-order chi connectivity index (χ0) is 25.6. The molecule has 3 rings (SSSR count). The number of nitrogens with one attached hydrogen (secondary N) is 1. The molecule has 0 fully saturated rings. The summed E-state index contributed by atoms with van der Waals surface area (Å²) in [6, 6.07) is 18.9. The van der Waals surface area contributed by atoms with Gasteiger partial charge >= 0.3 is 0 Å². The van der Waals surface area contributed by atoms with E-state index in [4.69, 9.17) is 11.6 Å². The first-order valence-corrected chi connectivity index (χ1v) is 13.6. The van der Waals surface area contributed by atoms with Gasteiger partial charge in [-0.25, -0.2) is 8.42 Å². The second-order valence-corrected chi connectivity index (χ2v) is 10.7. The van der Waals surface area contributed by atoms with E-state index in [9.17, 15) is 18.0 Å². The molecular formula is C26H30ClN3O4S. The molecule has 3 aromatic carbocycles. The Morgan fingerprint density at radius 1 is 1.03 bits per heavy atom. The van der Waals surface area contributed by atoms with Crippen molar-refractivity contribution < 1.29 is 18.0 Å². The first kappa shape index (κ1) is 26.5. The normalized spacial score (nSPS) is 12.2. The maximum Gasteiger partial charge on any atom is 0.244 e. The molecule has 7 nitrogen and oxygen atoms in total. The summed E-state index contributed by atoms with van der Waals surface area (Å²) in [4.78, 5) is 27.8. The van der Waals surface area contributed by atoms with Crippen LogP contribution in [0.1, 0.15) is 25.8 Å².